The minimum Gasteiger partial charge on any atom is -0.444 e. The fourth-order valence-corrected chi connectivity index (χ4v) is 4.28. The molecule has 2 aromatic rings. The van der Waals surface area contributed by atoms with Crippen LogP contribution in [0.3, 0.4) is 0 Å². The van der Waals surface area contributed by atoms with Crippen molar-refractivity contribution in [2.24, 2.45) is 5.92 Å². The molecule has 1 aliphatic heterocycles. The Morgan fingerprint density at radius 1 is 1.48 bits per heavy atom. The second-order valence-corrected chi connectivity index (χ2v) is 9.02. The molecule has 5 nitrogen and oxygen atoms in total. The van der Waals surface area contributed by atoms with E-state index >= 15 is 0 Å². The van der Waals surface area contributed by atoms with Crippen molar-refractivity contribution in [1.82, 2.24) is 9.88 Å². The zero-order valence-corrected chi connectivity index (χ0v) is 16.6. The van der Waals surface area contributed by atoms with Crippen molar-refractivity contribution in [1.29, 1.82) is 0 Å². The van der Waals surface area contributed by atoms with E-state index in [4.69, 9.17) is 16.3 Å². The molecule has 0 spiro atoms. The lowest BCUT2D eigenvalue weighted by atomic mass is 10.1. The largest absolute Gasteiger partial charge is 0.444 e. The number of aryl methyl sites for hydroxylation is 1. The summed E-state index contributed by atoms with van der Waals surface area (Å²) in [6, 6.07) is 3.88. The summed E-state index contributed by atoms with van der Waals surface area (Å²) in [5.41, 5.74) is 1.63. The number of carbonyl (C=O) groups excluding carboxylic acids is 1. The number of benzene rings is 1. The first kappa shape index (κ1) is 18.3. The van der Waals surface area contributed by atoms with Crippen LogP contribution < -0.4 is 5.32 Å². The third-order valence-corrected chi connectivity index (χ3v) is 5.31. The molecule has 1 N–H and O–H groups in total. The lowest BCUT2D eigenvalue weighted by Gasteiger charge is -2.24. The predicted molar refractivity (Wildman–Crippen MR) is 104 cm³/mol. The second kappa shape index (κ2) is 7.00. The van der Waals surface area contributed by atoms with Crippen LogP contribution >= 0.6 is 22.9 Å². The quantitative estimate of drug-likeness (QED) is 0.819. The van der Waals surface area contributed by atoms with Crippen LogP contribution in [0.15, 0.2) is 12.1 Å². The summed E-state index contributed by atoms with van der Waals surface area (Å²) in [5.74, 6) is 0.407. The van der Waals surface area contributed by atoms with E-state index in [1.54, 1.807) is 16.2 Å². The molecular formula is C18H24ClN3O2S. The summed E-state index contributed by atoms with van der Waals surface area (Å²) in [7, 11) is 0. The molecule has 0 bridgehead atoms. The second-order valence-electron chi connectivity index (χ2n) is 7.55. The van der Waals surface area contributed by atoms with Gasteiger partial charge in [0.15, 0.2) is 5.13 Å². The monoisotopic (exact) mass is 381 g/mol. The standard InChI is InChI=1S/C18H24ClN3O2S/c1-11-7-13(19)8-14-15(11)21-16(25-14)20-9-12-5-6-22(10-12)17(23)24-18(2,3)4/h7-8,12H,5-6,9-10H2,1-4H3,(H,20,21). The molecule has 7 heteroatoms. The Balaban J connectivity index is 1.56. The van der Waals surface area contributed by atoms with Gasteiger partial charge in [0.1, 0.15) is 5.60 Å². The Hall–Kier alpha value is -1.53. The number of amides is 1. The molecule has 1 aromatic heterocycles. The van der Waals surface area contributed by atoms with Gasteiger partial charge < -0.3 is 15.0 Å². The van der Waals surface area contributed by atoms with Gasteiger partial charge in [-0.3, -0.25) is 0 Å². The van der Waals surface area contributed by atoms with Crippen LogP contribution in [0.2, 0.25) is 5.02 Å². The molecule has 1 amide bonds. The number of fused-ring (bicyclic) bond motifs is 1. The van der Waals surface area contributed by atoms with E-state index < -0.39 is 5.60 Å². The number of hydrogen-bond acceptors (Lipinski definition) is 5. The van der Waals surface area contributed by atoms with Gasteiger partial charge in [0.2, 0.25) is 0 Å². The van der Waals surface area contributed by atoms with E-state index in [2.05, 4.69) is 10.3 Å². The van der Waals surface area contributed by atoms with Crippen LogP contribution in [-0.2, 0) is 4.74 Å². The summed E-state index contributed by atoms with van der Waals surface area (Å²) in [4.78, 5) is 18.6. The van der Waals surface area contributed by atoms with Gasteiger partial charge in [-0.1, -0.05) is 22.9 Å². The molecule has 0 saturated carbocycles. The van der Waals surface area contributed by atoms with Gasteiger partial charge in [-0.05, 0) is 57.7 Å². The summed E-state index contributed by atoms with van der Waals surface area (Å²) in [5, 5.41) is 5.05. The molecule has 1 atom stereocenters. The number of hydrogen-bond donors (Lipinski definition) is 1. The van der Waals surface area contributed by atoms with Crippen LogP contribution in [0.4, 0.5) is 9.93 Å². The number of aromatic nitrogens is 1. The van der Waals surface area contributed by atoms with E-state index in [-0.39, 0.29) is 6.09 Å². The number of anilines is 1. The normalized spacial score (nSPS) is 18.0. The predicted octanol–water partition coefficient (Wildman–Crippen LogP) is 4.93. The maximum absolute atomic E-state index is 12.1. The molecule has 3 rings (SSSR count). The molecule has 0 aliphatic carbocycles. The molecule has 1 unspecified atom stereocenters. The zero-order chi connectivity index (χ0) is 18.2. The average Bonchev–Trinajstić information content (AvgIpc) is 3.09. The first-order valence-corrected chi connectivity index (χ1v) is 9.69. The van der Waals surface area contributed by atoms with Gasteiger partial charge in [-0.15, -0.1) is 0 Å². The van der Waals surface area contributed by atoms with Crippen LogP contribution in [0.25, 0.3) is 10.2 Å². The number of ether oxygens (including phenoxy) is 1. The minimum atomic E-state index is -0.451. The molecule has 25 heavy (non-hydrogen) atoms. The summed E-state index contributed by atoms with van der Waals surface area (Å²) >= 11 is 7.73. The maximum Gasteiger partial charge on any atom is 0.410 e. The Labute approximate surface area is 157 Å². The first-order valence-electron chi connectivity index (χ1n) is 8.50. The fraction of sp³-hybridized carbons (Fsp3) is 0.556. The number of carbonyl (C=O) groups is 1. The van der Waals surface area contributed by atoms with Crippen LogP contribution in [0, 0.1) is 12.8 Å². The Morgan fingerprint density at radius 3 is 2.96 bits per heavy atom. The highest BCUT2D eigenvalue weighted by Gasteiger charge is 2.29. The highest BCUT2D eigenvalue weighted by molar-refractivity contribution is 7.22. The number of nitrogens with one attached hydrogen (secondary N) is 1. The number of likely N-dealkylation sites (tertiary alicyclic amines) is 1. The van der Waals surface area contributed by atoms with E-state index in [0.717, 1.165) is 52.0 Å². The Morgan fingerprint density at radius 2 is 2.24 bits per heavy atom. The summed E-state index contributed by atoms with van der Waals surface area (Å²) in [6.45, 7) is 9.96. The van der Waals surface area contributed by atoms with Gasteiger partial charge in [0.05, 0.1) is 10.2 Å². The minimum absolute atomic E-state index is 0.222. The third-order valence-electron chi connectivity index (χ3n) is 4.13. The molecule has 1 aliphatic rings. The van der Waals surface area contributed by atoms with Crippen LogP contribution in [0.5, 0.6) is 0 Å². The molecule has 1 aromatic carbocycles. The van der Waals surface area contributed by atoms with Gasteiger partial charge in [0.25, 0.3) is 0 Å². The van der Waals surface area contributed by atoms with Crippen molar-refractivity contribution < 1.29 is 9.53 Å². The highest BCUT2D eigenvalue weighted by Crippen LogP contribution is 2.31. The Kier molecular flexibility index (Phi) is 5.11. The Bertz CT molecular complexity index is 784. The van der Waals surface area contributed by atoms with Crippen molar-refractivity contribution in [2.45, 2.75) is 39.7 Å². The van der Waals surface area contributed by atoms with Crippen molar-refractivity contribution >= 4 is 44.4 Å². The van der Waals surface area contributed by atoms with Gasteiger partial charge in [-0.2, -0.15) is 0 Å². The van der Waals surface area contributed by atoms with Crippen molar-refractivity contribution in [3.63, 3.8) is 0 Å². The van der Waals surface area contributed by atoms with Crippen molar-refractivity contribution in [3.05, 3.63) is 22.7 Å². The topological polar surface area (TPSA) is 54.5 Å². The molecule has 0 radical (unpaired) electrons. The molecule has 136 valence electrons. The molecule has 2 heterocycles. The summed E-state index contributed by atoms with van der Waals surface area (Å²) < 4.78 is 6.53. The average molecular weight is 382 g/mol. The first-order chi connectivity index (χ1) is 11.7. The van der Waals surface area contributed by atoms with E-state index in [0.29, 0.717) is 5.92 Å². The lowest BCUT2D eigenvalue weighted by Crippen LogP contribution is -2.35. The molecule has 1 saturated heterocycles. The van der Waals surface area contributed by atoms with Crippen molar-refractivity contribution in [3.8, 4) is 0 Å². The highest BCUT2D eigenvalue weighted by atomic mass is 35.5. The fourth-order valence-electron chi connectivity index (χ4n) is 2.95. The zero-order valence-electron chi connectivity index (χ0n) is 15.1. The van der Waals surface area contributed by atoms with Gasteiger partial charge >= 0.3 is 6.09 Å². The van der Waals surface area contributed by atoms with Crippen LogP contribution in [0.1, 0.15) is 32.8 Å². The molecular weight excluding hydrogens is 358 g/mol. The smallest absolute Gasteiger partial charge is 0.410 e. The van der Waals surface area contributed by atoms with E-state index in [9.17, 15) is 4.79 Å². The van der Waals surface area contributed by atoms with Gasteiger partial charge in [0, 0.05) is 24.7 Å². The van der Waals surface area contributed by atoms with E-state index in [1.807, 2.05) is 39.8 Å². The number of thiazole rings is 1. The van der Waals surface area contributed by atoms with Crippen molar-refractivity contribution in [2.75, 3.05) is 25.0 Å². The molecule has 1 fully saturated rings. The van der Waals surface area contributed by atoms with Crippen LogP contribution in [-0.4, -0.2) is 41.2 Å². The third kappa shape index (κ3) is 4.55. The van der Waals surface area contributed by atoms with E-state index in [1.165, 1.54) is 0 Å². The van der Waals surface area contributed by atoms with Gasteiger partial charge in [-0.25, -0.2) is 9.78 Å². The number of rotatable bonds is 3. The number of halogens is 1. The number of nitrogens with zero attached hydrogens (tertiary/aromatic N) is 2. The summed E-state index contributed by atoms with van der Waals surface area (Å²) in [6.07, 6.45) is 0.752. The lowest BCUT2D eigenvalue weighted by molar-refractivity contribution is 0.0289. The SMILES string of the molecule is Cc1cc(Cl)cc2sc(NCC3CCN(C(=O)OC(C)(C)C)C3)nc12. The maximum atomic E-state index is 12.1.